The number of ether oxygens (including phenoxy) is 1. The number of carbonyl (C=O) groups excluding carboxylic acids is 2. The van der Waals surface area contributed by atoms with Gasteiger partial charge in [0.15, 0.2) is 11.9 Å². The molecule has 146 valence electrons. The fourth-order valence-electron chi connectivity index (χ4n) is 3.09. The molecule has 1 heterocycles. The second kappa shape index (κ2) is 8.12. The molecule has 3 N–H and O–H groups in total. The lowest BCUT2D eigenvalue weighted by molar-refractivity contribution is -0.141. The number of hydrogen-bond donors (Lipinski definition) is 3. The number of carbonyl (C=O) groups is 3. The molecule has 7 nitrogen and oxygen atoms in total. The average molecular weight is 382 g/mol. The number of carboxylic acid groups (broad SMARTS) is 1. The molecule has 0 aliphatic carbocycles. The standard InChI is InChI=1S/C21H22N2O5/c1-12-5-3-6-14(9-12)10-15(21(26)27)11-22-20(25)16-7-4-8-17-18(16)28-13(2)19(24)23-17/h3-9,13,15H,10-11H2,1-2H3,(H,22,25)(H,23,24)(H,26,27)/t13-,15+/m0/s1. The molecule has 0 spiro atoms. The summed E-state index contributed by atoms with van der Waals surface area (Å²) >= 11 is 0. The predicted octanol–water partition coefficient (Wildman–Crippen LogP) is 2.39. The molecule has 2 amide bonds. The van der Waals surface area contributed by atoms with E-state index >= 15 is 0 Å². The number of para-hydroxylation sites is 1. The fraction of sp³-hybridized carbons (Fsp3) is 0.286. The molecule has 0 saturated heterocycles. The molecule has 3 rings (SSSR count). The van der Waals surface area contributed by atoms with Crippen molar-refractivity contribution in [3.05, 3.63) is 59.2 Å². The van der Waals surface area contributed by atoms with Crippen LogP contribution in [0.1, 0.15) is 28.4 Å². The van der Waals surface area contributed by atoms with Crippen LogP contribution in [0.15, 0.2) is 42.5 Å². The summed E-state index contributed by atoms with van der Waals surface area (Å²) in [7, 11) is 0. The van der Waals surface area contributed by atoms with Gasteiger partial charge in [-0.05, 0) is 38.0 Å². The highest BCUT2D eigenvalue weighted by Gasteiger charge is 2.28. The first-order chi connectivity index (χ1) is 13.3. The predicted molar refractivity (Wildman–Crippen MR) is 104 cm³/mol. The number of nitrogens with one attached hydrogen (secondary N) is 2. The van der Waals surface area contributed by atoms with Crippen LogP contribution in [0.4, 0.5) is 5.69 Å². The molecule has 0 aromatic heterocycles. The van der Waals surface area contributed by atoms with Gasteiger partial charge in [-0.2, -0.15) is 0 Å². The Labute approximate surface area is 162 Å². The van der Waals surface area contributed by atoms with Gasteiger partial charge in [0.2, 0.25) is 0 Å². The number of hydrogen-bond acceptors (Lipinski definition) is 4. The van der Waals surface area contributed by atoms with Crippen LogP contribution in [0.2, 0.25) is 0 Å². The van der Waals surface area contributed by atoms with E-state index in [1.807, 2.05) is 31.2 Å². The molecule has 0 saturated carbocycles. The van der Waals surface area contributed by atoms with Gasteiger partial charge in [0.1, 0.15) is 0 Å². The molecule has 1 aliphatic rings. The second-order valence-corrected chi connectivity index (χ2v) is 6.87. The molecule has 2 aromatic rings. The third-order valence-corrected chi connectivity index (χ3v) is 4.60. The third kappa shape index (κ3) is 4.31. The van der Waals surface area contributed by atoms with E-state index in [-0.39, 0.29) is 23.8 Å². The molecule has 1 aliphatic heterocycles. The van der Waals surface area contributed by atoms with Crippen molar-refractivity contribution in [1.82, 2.24) is 5.32 Å². The summed E-state index contributed by atoms with van der Waals surface area (Å²) in [5.74, 6) is -2.18. The maximum Gasteiger partial charge on any atom is 0.308 e. The van der Waals surface area contributed by atoms with Crippen LogP contribution in [0.3, 0.4) is 0 Å². The summed E-state index contributed by atoms with van der Waals surface area (Å²) in [6.07, 6.45) is -0.400. The monoisotopic (exact) mass is 382 g/mol. The molecule has 2 atom stereocenters. The van der Waals surface area contributed by atoms with Gasteiger partial charge in [-0.1, -0.05) is 35.9 Å². The zero-order valence-electron chi connectivity index (χ0n) is 15.7. The van der Waals surface area contributed by atoms with Crippen molar-refractivity contribution in [3.63, 3.8) is 0 Å². The lowest BCUT2D eigenvalue weighted by Crippen LogP contribution is -2.37. The zero-order valence-corrected chi connectivity index (χ0v) is 15.7. The fourth-order valence-corrected chi connectivity index (χ4v) is 3.09. The molecule has 28 heavy (non-hydrogen) atoms. The summed E-state index contributed by atoms with van der Waals surface area (Å²) in [5, 5.41) is 14.9. The van der Waals surface area contributed by atoms with Gasteiger partial charge in [-0.15, -0.1) is 0 Å². The van der Waals surface area contributed by atoms with E-state index in [1.54, 1.807) is 25.1 Å². The number of rotatable bonds is 6. The topological polar surface area (TPSA) is 105 Å². The number of amides is 2. The quantitative estimate of drug-likeness (QED) is 0.712. The summed E-state index contributed by atoms with van der Waals surface area (Å²) in [6, 6.07) is 12.5. The van der Waals surface area contributed by atoms with E-state index in [2.05, 4.69) is 10.6 Å². The van der Waals surface area contributed by atoms with Crippen molar-refractivity contribution in [2.24, 2.45) is 5.92 Å². The van der Waals surface area contributed by atoms with E-state index < -0.39 is 23.9 Å². The molecule has 0 bridgehead atoms. The normalized spacial score (nSPS) is 16.4. The Morgan fingerprint density at radius 2 is 2.00 bits per heavy atom. The van der Waals surface area contributed by atoms with Crippen molar-refractivity contribution in [2.45, 2.75) is 26.4 Å². The van der Waals surface area contributed by atoms with Crippen LogP contribution in [-0.2, 0) is 16.0 Å². The van der Waals surface area contributed by atoms with Gasteiger partial charge in [-0.25, -0.2) is 0 Å². The number of aliphatic carboxylic acids is 1. The summed E-state index contributed by atoms with van der Waals surface area (Å²) in [5.41, 5.74) is 2.63. The Hall–Kier alpha value is -3.35. The Morgan fingerprint density at radius 3 is 2.71 bits per heavy atom. The Bertz CT molecular complexity index is 925. The number of fused-ring (bicyclic) bond motifs is 1. The number of anilines is 1. The molecule has 7 heteroatoms. The molecular weight excluding hydrogens is 360 g/mol. The Morgan fingerprint density at radius 1 is 1.25 bits per heavy atom. The van der Waals surface area contributed by atoms with E-state index in [0.29, 0.717) is 12.1 Å². The van der Waals surface area contributed by atoms with Crippen LogP contribution >= 0.6 is 0 Å². The average Bonchev–Trinajstić information content (AvgIpc) is 2.65. The third-order valence-electron chi connectivity index (χ3n) is 4.60. The van der Waals surface area contributed by atoms with Gasteiger partial charge in [-0.3, -0.25) is 14.4 Å². The first-order valence-electron chi connectivity index (χ1n) is 9.02. The van der Waals surface area contributed by atoms with Crippen LogP contribution in [-0.4, -0.2) is 35.5 Å². The summed E-state index contributed by atoms with van der Waals surface area (Å²) < 4.78 is 5.57. The first kappa shape index (κ1) is 19.4. The highest BCUT2D eigenvalue weighted by Crippen LogP contribution is 2.33. The lowest BCUT2D eigenvalue weighted by atomic mass is 9.98. The Kier molecular flexibility index (Phi) is 5.63. The minimum atomic E-state index is -0.978. The van der Waals surface area contributed by atoms with Gasteiger partial charge >= 0.3 is 5.97 Å². The maximum atomic E-state index is 12.6. The van der Waals surface area contributed by atoms with Gasteiger partial charge in [0.25, 0.3) is 11.8 Å². The molecular formula is C21H22N2O5. The van der Waals surface area contributed by atoms with E-state index in [0.717, 1.165) is 11.1 Å². The minimum absolute atomic E-state index is 0.0201. The van der Waals surface area contributed by atoms with Gasteiger partial charge in [0, 0.05) is 6.54 Å². The number of carboxylic acids is 1. The van der Waals surface area contributed by atoms with E-state index in [1.165, 1.54) is 0 Å². The van der Waals surface area contributed by atoms with Crippen molar-refractivity contribution >= 4 is 23.5 Å². The largest absolute Gasteiger partial charge is 0.481 e. The van der Waals surface area contributed by atoms with Crippen LogP contribution in [0.25, 0.3) is 0 Å². The number of benzene rings is 2. The number of aryl methyl sites for hydroxylation is 1. The Balaban J connectivity index is 1.71. The SMILES string of the molecule is Cc1cccc(C[C@H](CNC(=O)c2cccc3c2O[C@@H](C)C(=O)N3)C(=O)O)c1. The highest BCUT2D eigenvalue weighted by atomic mass is 16.5. The van der Waals surface area contributed by atoms with Crippen molar-refractivity contribution in [3.8, 4) is 5.75 Å². The summed E-state index contributed by atoms with van der Waals surface area (Å²) in [6.45, 7) is 3.52. The minimum Gasteiger partial charge on any atom is -0.481 e. The van der Waals surface area contributed by atoms with Crippen molar-refractivity contribution in [1.29, 1.82) is 0 Å². The first-order valence-corrected chi connectivity index (χ1v) is 9.02. The van der Waals surface area contributed by atoms with Gasteiger partial charge < -0.3 is 20.5 Å². The zero-order chi connectivity index (χ0) is 20.3. The molecule has 0 fully saturated rings. The van der Waals surface area contributed by atoms with E-state index in [9.17, 15) is 19.5 Å². The summed E-state index contributed by atoms with van der Waals surface area (Å²) in [4.78, 5) is 36.0. The maximum absolute atomic E-state index is 12.6. The van der Waals surface area contributed by atoms with E-state index in [4.69, 9.17) is 4.74 Å². The highest BCUT2D eigenvalue weighted by molar-refractivity contribution is 6.04. The second-order valence-electron chi connectivity index (χ2n) is 6.87. The molecule has 0 unspecified atom stereocenters. The molecule has 2 aromatic carbocycles. The van der Waals surface area contributed by atoms with Crippen LogP contribution in [0.5, 0.6) is 5.75 Å². The smallest absolute Gasteiger partial charge is 0.308 e. The molecule has 0 radical (unpaired) electrons. The lowest BCUT2D eigenvalue weighted by Gasteiger charge is -2.25. The van der Waals surface area contributed by atoms with Crippen LogP contribution < -0.4 is 15.4 Å². The van der Waals surface area contributed by atoms with Crippen LogP contribution in [0, 0.1) is 12.8 Å². The van der Waals surface area contributed by atoms with Crippen molar-refractivity contribution < 1.29 is 24.2 Å². The van der Waals surface area contributed by atoms with Crippen molar-refractivity contribution in [2.75, 3.05) is 11.9 Å². The van der Waals surface area contributed by atoms with Gasteiger partial charge in [0.05, 0.1) is 17.2 Å².